The van der Waals surface area contributed by atoms with Gasteiger partial charge in [0, 0.05) is 4.90 Å². The third kappa shape index (κ3) is 1.67. The molecule has 6 heteroatoms. The van der Waals surface area contributed by atoms with E-state index >= 15 is 0 Å². The number of rotatable bonds is 2. The van der Waals surface area contributed by atoms with Gasteiger partial charge in [-0.2, -0.15) is 0 Å². The Morgan fingerprint density at radius 1 is 1.25 bits per heavy atom. The minimum absolute atomic E-state index is 0.403. The summed E-state index contributed by atoms with van der Waals surface area (Å²) in [6.45, 7) is 0. The molecular formula is C10H8N2O3S. The number of hydrogen-bond donors (Lipinski definition) is 1. The molecule has 1 aliphatic rings. The maximum Gasteiger partial charge on any atom is 0.336 e. The van der Waals surface area contributed by atoms with Crippen LogP contribution in [0.2, 0.25) is 0 Å². The van der Waals surface area contributed by atoms with Crippen molar-refractivity contribution >= 4 is 35.3 Å². The molecule has 1 saturated heterocycles. The van der Waals surface area contributed by atoms with Gasteiger partial charge in [-0.3, -0.25) is 14.9 Å². The van der Waals surface area contributed by atoms with Gasteiger partial charge in [0.15, 0.2) is 0 Å². The molecule has 2 rings (SSSR count). The highest BCUT2D eigenvalue weighted by Crippen LogP contribution is 2.23. The van der Waals surface area contributed by atoms with E-state index in [1.807, 2.05) is 17.6 Å². The average Bonchev–Trinajstić information content (AvgIpc) is 2.53. The minimum atomic E-state index is -0.889. The lowest BCUT2D eigenvalue weighted by atomic mass is 10.3. The van der Waals surface area contributed by atoms with Gasteiger partial charge in [0.05, 0.1) is 5.69 Å². The summed E-state index contributed by atoms with van der Waals surface area (Å²) in [5.74, 6) is -1.73. The number of nitrogens with one attached hydrogen (secondary N) is 1. The van der Waals surface area contributed by atoms with Crippen LogP contribution < -0.4 is 10.2 Å². The quantitative estimate of drug-likeness (QED) is 0.472. The van der Waals surface area contributed by atoms with Crippen molar-refractivity contribution in [2.75, 3.05) is 11.2 Å². The molecule has 0 aliphatic carbocycles. The van der Waals surface area contributed by atoms with E-state index in [-0.39, 0.29) is 0 Å². The van der Waals surface area contributed by atoms with Gasteiger partial charge < -0.3 is 0 Å². The van der Waals surface area contributed by atoms with Crippen molar-refractivity contribution in [1.82, 2.24) is 5.32 Å². The number of nitrogens with zero attached hydrogens (tertiary/aromatic N) is 1. The highest BCUT2D eigenvalue weighted by Gasteiger charge is 2.37. The molecule has 82 valence electrons. The normalized spacial score (nSPS) is 15.6. The predicted octanol–water partition coefficient (Wildman–Crippen LogP) is 0.991. The highest BCUT2D eigenvalue weighted by molar-refractivity contribution is 7.98. The van der Waals surface area contributed by atoms with Crippen molar-refractivity contribution in [2.45, 2.75) is 4.90 Å². The number of urea groups is 1. The molecule has 0 bridgehead atoms. The van der Waals surface area contributed by atoms with Crippen molar-refractivity contribution < 1.29 is 14.4 Å². The van der Waals surface area contributed by atoms with E-state index in [4.69, 9.17) is 0 Å². The topological polar surface area (TPSA) is 66.5 Å². The Labute approximate surface area is 95.8 Å². The number of carbonyl (C=O) groups is 3. The summed E-state index contributed by atoms with van der Waals surface area (Å²) >= 11 is 1.49. The first-order chi connectivity index (χ1) is 7.63. The van der Waals surface area contributed by atoms with Crippen LogP contribution in [-0.2, 0) is 9.59 Å². The Hall–Kier alpha value is -1.82. The third-order valence-corrected chi connectivity index (χ3v) is 2.86. The van der Waals surface area contributed by atoms with Crippen molar-refractivity contribution in [3.8, 4) is 0 Å². The maximum atomic E-state index is 11.4. The fraction of sp³-hybridized carbons (Fsp3) is 0.100. The second-order valence-electron chi connectivity index (χ2n) is 3.10. The van der Waals surface area contributed by atoms with E-state index < -0.39 is 17.8 Å². The second-order valence-corrected chi connectivity index (χ2v) is 3.98. The van der Waals surface area contributed by atoms with E-state index in [0.29, 0.717) is 5.69 Å². The van der Waals surface area contributed by atoms with E-state index in [1.165, 1.54) is 11.8 Å². The summed E-state index contributed by atoms with van der Waals surface area (Å²) in [5.41, 5.74) is 0.403. The zero-order valence-corrected chi connectivity index (χ0v) is 9.21. The molecule has 1 fully saturated rings. The Balaban J connectivity index is 2.40. The van der Waals surface area contributed by atoms with Crippen molar-refractivity contribution in [3.63, 3.8) is 0 Å². The second kappa shape index (κ2) is 3.97. The monoisotopic (exact) mass is 236 g/mol. The summed E-state index contributed by atoms with van der Waals surface area (Å²) in [6, 6.07) is 6.17. The maximum absolute atomic E-state index is 11.4. The number of hydrogen-bond acceptors (Lipinski definition) is 4. The molecule has 5 nitrogen and oxygen atoms in total. The largest absolute Gasteiger partial charge is 0.336 e. The number of thioether (sulfide) groups is 1. The van der Waals surface area contributed by atoms with Crippen LogP contribution in [0.25, 0.3) is 0 Å². The van der Waals surface area contributed by atoms with Crippen LogP contribution in [-0.4, -0.2) is 24.1 Å². The number of imide groups is 2. The van der Waals surface area contributed by atoms with Gasteiger partial charge in [-0.25, -0.2) is 9.69 Å². The Bertz CT molecular complexity index is 487. The lowest BCUT2D eigenvalue weighted by Crippen LogP contribution is -2.30. The molecule has 0 unspecified atom stereocenters. The van der Waals surface area contributed by atoms with Gasteiger partial charge >= 0.3 is 17.8 Å². The molecule has 1 aromatic rings. The summed E-state index contributed by atoms with van der Waals surface area (Å²) in [4.78, 5) is 35.5. The van der Waals surface area contributed by atoms with Gasteiger partial charge in [-0.1, -0.05) is 6.07 Å². The zero-order valence-electron chi connectivity index (χ0n) is 8.39. The van der Waals surface area contributed by atoms with Crippen LogP contribution in [0.15, 0.2) is 29.2 Å². The van der Waals surface area contributed by atoms with E-state index in [0.717, 1.165) is 9.80 Å². The van der Waals surface area contributed by atoms with Crippen LogP contribution in [0, 0.1) is 0 Å². The number of anilines is 1. The average molecular weight is 236 g/mol. The van der Waals surface area contributed by atoms with E-state index in [1.54, 1.807) is 18.2 Å². The first-order valence-corrected chi connectivity index (χ1v) is 5.69. The smallest absolute Gasteiger partial charge is 0.269 e. The van der Waals surface area contributed by atoms with Gasteiger partial charge in [-0.15, -0.1) is 11.8 Å². The molecule has 4 amide bonds. The van der Waals surface area contributed by atoms with Crippen LogP contribution in [0.3, 0.4) is 0 Å². The number of benzene rings is 1. The minimum Gasteiger partial charge on any atom is -0.269 e. The fourth-order valence-corrected chi connectivity index (χ4v) is 1.84. The van der Waals surface area contributed by atoms with Gasteiger partial charge in [0.1, 0.15) is 0 Å². The van der Waals surface area contributed by atoms with Gasteiger partial charge in [0.2, 0.25) is 0 Å². The molecule has 0 spiro atoms. The molecule has 16 heavy (non-hydrogen) atoms. The Morgan fingerprint density at radius 2 is 2.00 bits per heavy atom. The summed E-state index contributed by atoms with van der Waals surface area (Å²) in [5, 5.41) is 1.94. The molecular weight excluding hydrogens is 228 g/mol. The Morgan fingerprint density at radius 3 is 2.56 bits per heavy atom. The lowest BCUT2D eigenvalue weighted by molar-refractivity contribution is -0.134. The van der Waals surface area contributed by atoms with Gasteiger partial charge in [0.25, 0.3) is 0 Å². The van der Waals surface area contributed by atoms with Crippen molar-refractivity contribution in [2.24, 2.45) is 0 Å². The van der Waals surface area contributed by atoms with Crippen LogP contribution in [0.5, 0.6) is 0 Å². The molecule has 0 radical (unpaired) electrons. The van der Waals surface area contributed by atoms with Crippen LogP contribution in [0.1, 0.15) is 0 Å². The van der Waals surface area contributed by atoms with Crippen molar-refractivity contribution in [1.29, 1.82) is 0 Å². The fourth-order valence-electron chi connectivity index (χ4n) is 1.38. The van der Waals surface area contributed by atoms with Crippen LogP contribution >= 0.6 is 11.8 Å². The first-order valence-electron chi connectivity index (χ1n) is 4.47. The predicted molar refractivity (Wildman–Crippen MR) is 59.2 cm³/mol. The molecule has 0 aromatic heterocycles. The zero-order chi connectivity index (χ0) is 11.7. The SMILES string of the molecule is CSc1cccc(N2C(=O)NC(=O)C2=O)c1. The Kier molecular flexibility index (Phi) is 2.66. The third-order valence-electron chi connectivity index (χ3n) is 2.13. The summed E-state index contributed by atoms with van der Waals surface area (Å²) < 4.78 is 0. The number of carbonyl (C=O) groups excluding carboxylic acids is 3. The number of amides is 4. The highest BCUT2D eigenvalue weighted by atomic mass is 32.2. The molecule has 0 saturated carbocycles. The lowest BCUT2D eigenvalue weighted by Gasteiger charge is -2.11. The molecule has 1 aliphatic heterocycles. The van der Waals surface area contributed by atoms with Gasteiger partial charge in [-0.05, 0) is 24.5 Å². The van der Waals surface area contributed by atoms with E-state index in [2.05, 4.69) is 0 Å². The van der Waals surface area contributed by atoms with E-state index in [9.17, 15) is 14.4 Å². The molecule has 0 atom stereocenters. The molecule has 1 aromatic carbocycles. The first kappa shape index (κ1) is 10.7. The van der Waals surface area contributed by atoms with Crippen LogP contribution in [0.4, 0.5) is 10.5 Å². The summed E-state index contributed by atoms with van der Waals surface area (Å²) in [6.07, 6.45) is 1.89. The van der Waals surface area contributed by atoms with Crippen molar-refractivity contribution in [3.05, 3.63) is 24.3 Å². The standard InChI is InChI=1S/C10H8N2O3S/c1-16-7-4-2-3-6(5-7)12-9(14)8(13)11-10(12)15/h2-5H,1H3,(H,11,13,15). The summed E-state index contributed by atoms with van der Waals surface area (Å²) in [7, 11) is 0. The molecule has 1 heterocycles. The molecule has 1 N–H and O–H groups in total.